The third kappa shape index (κ3) is 13.2. The van der Waals surface area contributed by atoms with Crippen molar-refractivity contribution in [1.29, 1.82) is 0 Å². The van der Waals surface area contributed by atoms with Gasteiger partial charge in [-0.15, -0.1) is 67.7 Å². The van der Waals surface area contributed by atoms with Gasteiger partial charge in [-0.3, -0.25) is 0 Å². The molecule has 0 aromatic carbocycles. The predicted molar refractivity (Wildman–Crippen MR) is 349 cm³/mol. The van der Waals surface area contributed by atoms with Crippen molar-refractivity contribution in [3.05, 3.63) is 167 Å². The molecule has 0 spiro atoms. The van der Waals surface area contributed by atoms with Gasteiger partial charge in [0, 0.05) is 0 Å². The molecule has 2 radical (unpaired) electrons. The SMILES string of the molecule is CCC1=C(CC)/C2=C/c3[n-]c(c(CC)c3CC)/C=C3\[N-]C(/C=c4\[n-]/c(c(CC)c4CC)=C\C1=N2)C(CC)=C3CC.CCC1=C(CC)/C2=C/c3[n-]c(c(CC)c3CC)/C=C3\[N-]C(/C=c4\[n-]/c(c(CC)c4CC)=C\C1=N2)C(CC)=C3CC.O.O.[Yb+3].[Yb+3]. The molecule has 0 saturated heterocycles. The second kappa shape index (κ2) is 31.5. The molecule has 462 valence electrons. The maximum atomic E-state index is 5.34. The van der Waals surface area contributed by atoms with Crippen LogP contribution in [0.1, 0.15) is 229 Å². The molecular formula is C72H94N8O2Yb2. The van der Waals surface area contributed by atoms with Crippen LogP contribution in [0.2, 0.25) is 0 Å². The molecule has 0 fully saturated rings. The Morgan fingerprint density at radius 2 is 0.583 bits per heavy atom. The summed E-state index contributed by atoms with van der Waals surface area (Å²) in [5, 5.41) is 15.0. The number of aromatic nitrogens is 4. The zero-order chi connectivity index (χ0) is 57.1. The van der Waals surface area contributed by atoms with Crippen molar-refractivity contribution in [1.82, 2.24) is 19.9 Å². The molecule has 16 bridgehead atoms. The molecule has 10 rings (SSSR count). The smallest absolute Gasteiger partial charge is 0.675 e. The second-order valence-corrected chi connectivity index (χ2v) is 21.8. The Kier molecular flexibility index (Phi) is 26.7. The molecule has 12 heteroatoms. The average Bonchev–Trinajstić information content (AvgIpc) is 4.54. The van der Waals surface area contributed by atoms with E-state index in [2.05, 4.69) is 159 Å². The summed E-state index contributed by atoms with van der Waals surface area (Å²) in [6.45, 7) is 36.0. The van der Waals surface area contributed by atoms with Gasteiger partial charge in [0.1, 0.15) is 0 Å². The first-order chi connectivity index (χ1) is 38.9. The fourth-order valence-electron chi connectivity index (χ4n) is 14.2. The normalized spacial score (nSPS) is 21.6. The van der Waals surface area contributed by atoms with Crippen molar-refractivity contribution in [2.75, 3.05) is 0 Å². The Morgan fingerprint density at radius 1 is 0.298 bits per heavy atom. The second-order valence-electron chi connectivity index (χ2n) is 21.8. The topological polar surface area (TPSA) is 172 Å². The van der Waals surface area contributed by atoms with Gasteiger partial charge in [0.15, 0.2) is 0 Å². The molecule has 2 unspecified atom stereocenters. The number of nitrogens with zero attached hydrogens (tertiary/aromatic N) is 8. The number of fused-ring (bicyclic) bond motifs is 14. The van der Waals surface area contributed by atoms with Gasteiger partial charge in [0.2, 0.25) is 0 Å². The van der Waals surface area contributed by atoms with Crippen LogP contribution < -0.4 is 41.3 Å². The van der Waals surface area contributed by atoms with Crippen molar-refractivity contribution >= 4 is 60.0 Å². The summed E-state index contributed by atoms with van der Waals surface area (Å²) >= 11 is 0. The van der Waals surface area contributed by atoms with Gasteiger partial charge in [-0.05, 0) is 125 Å². The summed E-state index contributed by atoms with van der Waals surface area (Å²) in [6, 6.07) is 0.0465. The van der Waals surface area contributed by atoms with Gasteiger partial charge in [-0.25, -0.2) is 9.98 Å². The number of allylic oxidation sites excluding steroid dienone is 6. The minimum atomic E-state index is 0. The van der Waals surface area contributed by atoms with Crippen LogP contribution in [-0.4, -0.2) is 34.5 Å². The largest absolute Gasteiger partial charge is 3.00 e. The van der Waals surface area contributed by atoms with E-state index in [4.69, 9.17) is 40.6 Å². The standard InChI is InChI=1S/2C36H45N4.2H2O.2Yb/c2*1-9-21-22(10-2)30-18-32-25(13-5)26(14-6)34(39-32)20-36-28(16-8)27(15-7)35(40-36)19-33-24(12-4)23(11-3)31(38-33)17-29(21)37-30;;;;/h2*17-20,29H,9-16H2,1-8H3;2*1H2;;/q2*-3;;;2*+3/b2*30-18-,31-17-,33-19-,36-20-;;;;. The number of hydrogen-bond donors (Lipinski definition) is 0. The summed E-state index contributed by atoms with van der Waals surface area (Å²) in [6.07, 6.45) is 33.6. The van der Waals surface area contributed by atoms with Crippen LogP contribution in [0.15, 0.2) is 77.4 Å². The fourth-order valence-corrected chi connectivity index (χ4v) is 14.2. The van der Waals surface area contributed by atoms with Gasteiger partial charge in [-0.1, -0.05) is 226 Å². The van der Waals surface area contributed by atoms with E-state index in [9.17, 15) is 0 Å². The first-order valence-corrected chi connectivity index (χ1v) is 31.4. The molecule has 0 aliphatic carbocycles. The first-order valence-electron chi connectivity index (χ1n) is 31.4. The van der Waals surface area contributed by atoms with E-state index in [-0.39, 0.29) is 117 Å². The van der Waals surface area contributed by atoms with E-state index in [1.807, 2.05) is 0 Å². The van der Waals surface area contributed by atoms with E-state index in [1.54, 1.807) is 0 Å². The van der Waals surface area contributed by atoms with Crippen LogP contribution in [0.25, 0.3) is 59.2 Å². The molecule has 4 aromatic heterocycles. The zero-order valence-corrected chi connectivity index (χ0v) is 56.6. The summed E-state index contributed by atoms with van der Waals surface area (Å²) in [5.41, 5.74) is 32.4. The van der Waals surface area contributed by atoms with Gasteiger partial charge in [0.25, 0.3) is 0 Å². The molecular weight excluding hydrogens is 1350 g/mol. The van der Waals surface area contributed by atoms with Crippen LogP contribution >= 0.6 is 0 Å². The number of aliphatic imine (C=N–C) groups is 2. The van der Waals surface area contributed by atoms with E-state index in [0.29, 0.717) is 0 Å². The zero-order valence-electron chi connectivity index (χ0n) is 53.2. The molecule has 84 heavy (non-hydrogen) atoms. The van der Waals surface area contributed by atoms with Crippen molar-refractivity contribution < 1.29 is 105 Å². The Hall–Kier alpha value is -3.58. The molecule has 6 aliphatic heterocycles. The number of rotatable bonds is 16. The first kappa shape index (κ1) is 71.2. The van der Waals surface area contributed by atoms with Crippen LogP contribution in [-0.2, 0) is 51.4 Å². The maximum Gasteiger partial charge on any atom is 3.00 e. The fraction of sp³-hybridized carbons (Fsp3) is 0.472. The van der Waals surface area contributed by atoms with Gasteiger partial charge >= 0.3 is 93.8 Å². The average molecular weight is 1450 g/mol. The van der Waals surface area contributed by atoms with Crippen molar-refractivity contribution in [2.24, 2.45) is 9.98 Å². The van der Waals surface area contributed by atoms with Crippen LogP contribution in [0.4, 0.5) is 0 Å². The third-order valence-electron chi connectivity index (χ3n) is 18.0. The van der Waals surface area contributed by atoms with E-state index in [0.717, 1.165) is 181 Å². The van der Waals surface area contributed by atoms with Crippen molar-refractivity contribution in [2.45, 2.75) is 226 Å². The third-order valence-corrected chi connectivity index (χ3v) is 18.0. The van der Waals surface area contributed by atoms with Crippen molar-refractivity contribution in [3.8, 4) is 0 Å². The van der Waals surface area contributed by atoms with E-state index < -0.39 is 0 Å². The molecule has 0 saturated carbocycles. The van der Waals surface area contributed by atoms with Gasteiger partial charge in [-0.2, -0.15) is 0 Å². The molecule has 4 aromatic rings. The minimum absolute atomic E-state index is 0. The minimum Gasteiger partial charge on any atom is -0.675 e. The van der Waals surface area contributed by atoms with Crippen LogP contribution in [0.5, 0.6) is 0 Å². The number of hydrogen-bond acceptors (Lipinski definition) is 2. The van der Waals surface area contributed by atoms with Gasteiger partial charge in [0.05, 0.1) is 22.8 Å². The van der Waals surface area contributed by atoms with Crippen LogP contribution in [0.3, 0.4) is 0 Å². The summed E-state index contributed by atoms with van der Waals surface area (Å²) in [7, 11) is 0. The van der Waals surface area contributed by atoms with Crippen LogP contribution in [0, 0.1) is 93.8 Å². The Bertz CT molecular complexity index is 3450. The Morgan fingerprint density at radius 3 is 0.857 bits per heavy atom. The molecule has 4 N–H and O–H groups in total. The van der Waals surface area contributed by atoms with Gasteiger partial charge < -0.3 is 41.5 Å². The van der Waals surface area contributed by atoms with Crippen molar-refractivity contribution in [3.63, 3.8) is 0 Å². The summed E-state index contributed by atoms with van der Waals surface area (Å²) < 4.78 is 0. The molecule has 0 amide bonds. The quantitative estimate of drug-likeness (QED) is 0.109. The monoisotopic (exact) mass is 1450 g/mol. The summed E-state index contributed by atoms with van der Waals surface area (Å²) in [5.74, 6) is 0. The predicted octanol–water partition coefficient (Wildman–Crippen LogP) is 12.9. The molecule has 10 nitrogen and oxygen atoms in total. The Balaban J connectivity index is 0.000000293. The van der Waals surface area contributed by atoms with E-state index >= 15 is 0 Å². The molecule has 6 aliphatic rings. The Labute approximate surface area is 580 Å². The van der Waals surface area contributed by atoms with E-state index in [1.165, 1.54) is 89.1 Å². The molecule has 2 atom stereocenters. The molecule has 10 heterocycles. The maximum absolute atomic E-state index is 5.34. The summed E-state index contributed by atoms with van der Waals surface area (Å²) in [4.78, 5) is 31.6.